The first-order valence-electron chi connectivity index (χ1n) is 8.41. The van der Waals surface area contributed by atoms with Gasteiger partial charge in [-0.1, -0.05) is 34.8 Å². The van der Waals surface area contributed by atoms with E-state index in [4.69, 9.17) is 39.5 Å². The molecule has 1 aromatic carbocycles. The van der Waals surface area contributed by atoms with E-state index in [1.807, 2.05) is 0 Å². The van der Waals surface area contributed by atoms with Crippen molar-refractivity contribution in [2.45, 2.75) is 24.9 Å². The number of ketones is 1. The summed E-state index contributed by atoms with van der Waals surface area (Å²) in [5, 5.41) is 11.8. The third-order valence-corrected chi connectivity index (χ3v) is 5.80. The molecule has 2 aliphatic rings. The summed E-state index contributed by atoms with van der Waals surface area (Å²) in [7, 11) is 0. The van der Waals surface area contributed by atoms with Gasteiger partial charge in [0.05, 0.1) is 21.9 Å². The van der Waals surface area contributed by atoms with Crippen LogP contribution in [0.15, 0.2) is 18.5 Å². The van der Waals surface area contributed by atoms with Gasteiger partial charge in [-0.25, -0.2) is 9.97 Å². The number of halogens is 3. The standard InChI is InChI=1S/C17H13Cl3N4O4/c18-9-5-10-12(25)7-17(28-14(10)11(19)6-9)1-3-23(4-2-17)16-13(24(26)27)15(20)21-8-22-16/h5-6,8H,1-4,7H2. The lowest BCUT2D eigenvalue weighted by Crippen LogP contribution is -2.51. The van der Waals surface area contributed by atoms with Crippen LogP contribution in [0.2, 0.25) is 15.2 Å². The van der Waals surface area contributed by atoms with Gasteiger partial charge in [-0.05, 0) is 12.1 Å². The lowest BCUT2D eigenvalue weighted by Gasteiger charge is -2.44. The van der Waals surface area contributed by atoms with E-state index in [0.29, 0.717) is 42.3 Å². The van der Waals surface area contributed by atoms with E-state index in [2.05, 4.69) is 9.97 Å². The Bertz CT molecular complexity index is 993. The number of hydrogen-bond donors (Lipinski definition) is 0. The first-order chi connectivity index (χ1) is 13.3. The fourth-order valence-corrected chi connectivity index (χ4v) is 4.38. The second kappa shape index (κ2) is 7.02. The van der Waals surface area contributed by atoms with Crippen molar-refractivity contribution in [1.29, 1.82) is 0 Å². The van der Waals surface area contributed by atoms with Gasteiger partial charge < -0.3 is 9.64 Å². The van der Waals surface area contributed by atoms with Gasteiger partial charge in [-0.2, -0.15) is 0 Å². The van der Waals surface area contributed by atoms with Gasteiger partial charge in [-0.15, -0.1) is 0 Å². The van der Waals surface area contributed by atoms with E-state index in [1.165, 1.54) is 12.4 Å². The van der Waals surface area contributed by atoms with Crippen LogP contribution in [-0.2, 0) is 0 Å². The number of Topliss-reactive ketones (excluding diaryl/α,β-unsaturated/α-hetero) is 1. The highest BCUT2D eigenvalue weighted by Crippen LogP contribution is 2.45. The second-order valence-electron chi connectivity index (χ2n) is 6.73. The maximum absolute atomic E-state index is 12.7. The minimum absolute atomic E-state index is 0.0878. The highest BCUT2D eigenvalue weighted by molar-refractivity contribution is 6.36. The fourth-order valence-electron chi connectivity index (χ4n) is 3.65. The molecular formula is C17H13Cl3N4O4. The lowest BCUT2D eigenvalue weighted by atomic mass is 9.82. The molecule has 1 aromatic heterocycles. The Kier molecular flexibility index (Phi) is 4.81. The molecule has 2 aliphatic heterocycles. The van der Waals surface area contributed by atoms with Crippen molar-refractivity contribution >= 4 is 52.1 Å². The minimum atomic E-state index is -0.719. The van der Waals surface area contributed by atoms with Crippen molar-refractivity contribution in [2.75, 3.05) is 18.0 Å². The minimum Gasteiger partial charge on any atom is -0.484 e. The Labute approximate surface area is 174 Å². The zero-order chi connectivity index (χ0) is 20.1. The molecule has 0 saturated carbocycles. The number of ether oxygens (including phenoxy) is 1. The third-order valence-electron chi connectivity index (χ3n) is 5.03. The maximum atomic E-state index is 12.7. The monoisotopic (exact) mass is 442 g/mol. The molecule has 1 saturated heterocycles. The number of piperidine rings is 1. The van der Waals surface area contributed by atoms with Gasteiger partial charge in [0.1, 0.15) is 17.7 Å². The van der Waals surface area contributed by atoms with Gasteiger partial charge in [0.25, 0.3) is 0 Å². The van der Waals surface area contributed by atoms with E-state index >= 15 is 0 Å². The quantitative estimate of drug-likeness (QED) is 0.386. The molecule has 0 radical (unpaired) electrons. The molecule has 0 amide bonds. The molecule has 11 heteroatoms. The normalized spacial score (nSPS) is 18.0. The summed E-state index contributed by atoms with van der Waals surface area (Å²) >= 11 is 18.1. The molecule has 0 unspecified atom stereocenters. The fraction of sp³-hybridized carbons (Fsp3) is 0.353. The van der Waals surface area contributed by atoms with Crippen LogP contribution < -0.4 is 9.64 Å². The van der Waals surface area contributed by atoms with E-state index in [1.54, 1.807) is 11.0 Å². The highest BCUT2D eigenvalue weighted by Gasteiger charge is 2.45. The number of fused-ring (bicyclic) bond motifs is 1. The van der Waals surface area contributed by atoms with Crippen molar-refractivity contribution in [3.63, 3.8) is 0 Å². The van der Waals surface area contributed by atoms with Crippen LogP contribution in [0.1, 0.15) is 29.6 Å². The third kappa shape index (κ3) is 3.25. The zero-order valence-electron chi connectivity index (χ0n) is 14.3. The number of anilines is 1. The van der Waals surface area contributed by atoms with Crippen LogP contribution in [0, 0.1) is 10.1 Å². The molecule has 146 valence electrons. The second-order valence-corrected chi connectivity index (χ2v) is 7.93. The van der Waals surface area contributed by atoms with Gasteiger partial charge in [0, 0.05) is 31.0 Å². The first kappa shape index (κ1) is 19.2. The summed E-state index contributed by atoms with van der Waals surface area (Å²) in [5.41, 5.74) is -0.670. The number of carbonyl (C=O) groups excluding carboxylic acids is 1. The van der Waals surface area contributed by atoms with Crippen molar-refractivity contribution in [3.05, 3.63) is 49.3 Å². The van der Waals surface area contributed by atoms with Gasteiger partial charge in [0.2, 0.25) is 11.0 Å². The number of nitrogens with zero attached hydrogens (tertiary/aromatic N) is 4. The molecule has 1 fully saturated rings. The van der Waals surface area contributed by atoms with Crippen LogP contribution in [0.3, 0.4) is 0 Å². The molecule has 0 atom stereocenters. The Morgan fingerprint density at radius 2 is 1.89 bits per heavy atom. The van der Waals surface area contributed by atoms with Crippen LogP contribution in [0.5, 0.6) is 5.75 Å². The summed E-state index contributed by atoms with van der Waals surface area (Å²) in [6.45, 7) is 0.810. The first-order valence-corrected chi connectivity index (χ1v) is 9.54. The number of nitro groups is 1. The van der Waals surface area contributed by atoms with Crippen molar-refractivity contribution in [1.82, 2.24) is 9.97 Å². The van der Waals surface area contributed by atoms with Gasteiger partial charge >= 0.3 is 5.69 Å². The predicted molar refractivity (Wildman–Crippen MR) is 104 cm³/mol. The largest absolute Gasteiger partial charge is 0.484 e. The maximum Gasteiger partial charge on any atom is 0.348 e. The van der Waals surface area contributed by atoms with Crippen molar-refractivity contribution in [2.24, 2.45) is 0 Å². The van der Waals surface area contributed by atoms with E-state index in [-0.39, 0.29) is 33.9 Å². The van der Waals surface area contributed by atoms with Gasteiger partial charge in [-0.3, -0.25) is 14.9 Å². The Hall–Kier alpha value is -2.16. The molecule has 3 heterocycles. The van der Waals surface area contributed by atoms with Crippen molar-refractivity contribution in [3.8, 4) is 5.75 Å². The van der Waals surface area contributed by atoms with Crippen LogP contribution in [0.25, 0.3) is 0 Å². The molecule has 1 spiro atoms. The molecule has 8 nitrogen and oxygen atoms in total. The number of rotatable bonds is 2. The van der Waals surface area contributed by atoms with Crippen LogP contribution >= 0.6 is 34.8 Å². The molecule has 0 aliphatic carbocycles. The summed E-state index contributed by atoms with van der Waals surface area (Å²) in [6.07, 6.45) is 2.32. The molecule has 28 heavy (non-hydrogen) atoms. The average Bonchev–Trinajstić information content (AvgIpc) is 2.63. The number of benzene rings is 1. The summed E-state index contributed by atoms with van der Waals surface area (Å²) < 4.78 is 6.17. The number of hydrogen-bond acceptors (Lipinski definition) is 7. The summed E-state index contributed by atoms with van der Waals surface area (Å²) in [4.78, 5) is 32.9. The van der Waals surface area contributed by atoms with Crippen molar-refractivity contribution < 1.29 is 14.5 Å². The topological polar surface area (TPSA) is 98.5 Å². The molecule has 0 N–H and O–H groups in total. The zero-order valence-corrected chi connectivity index (χ0v) is 16.6. The summed E-state index contributed by atoms with van der Waals surface area (Å²) in [6, 6.07) is 3.09. The Morgan fingerprint density at radius 1 is 1.18 bits per heavy atom. The highest BCUT2D eigenvalue weighted by atomic mass is 35.5. The van der Waals surface area contributed by atoms with E-state index < -0.39 is 10.5 Å². The number of aromatic nitrogens is 2. The SMILES string of the molecule is O=C1CC2(CCN(c3ncnc(Cl)c3[N+](=O)[O-])CC2)Oc2c(Cl)cc(Cl)cc21. The van der Waals surface area contributed by atoms with Crippen LogP contribution in [-0.4, -0.2) is 39.4 Å². The van der Waals surface area contributed by atoms with E-state index in [0.717, 1.165) is 0 Å². The molecular weight excluding hydrogens is 431 g/mol. The number of carbonyl (C=O) groups is 1. The average molecular weight is 444 g/mol. The van der Waals surface area contributed by atoms with Crippen LogP contribution in [0.4, 0.5) is 11.5 Å². The Balaban J connectivity index is 1.59. The lowest BCUT2D eigenvalue weighted by molar-refractivity contribution is -0.384. The molecule has 2 aromatic rings. The van der Waals surface area contributed by atoms with Gasteiger partial charge in [0.15, 0.2) is 5.78 Å². The summed E-state index contributed by atoms with van der Waals surface area (Å²) in [5.74, 6) is 0.411. The van der Waals surface area contributed by atoms with E-state index in [9.17, 15) is 14.9 Å². The smallest absolute Gasteiger partial charge is 0.348 e. The predicted octanol–water partition coefficient (Wildman–Crippen LogP) is 4.35. The Morgan fingerprint density at radius 3 is 2.57 bits per heavy atom. The molecule has 0 bridgehead atoms. The molecule has 4 rings (SSSR count).